The van der Waals surface area contributed by atoms with Gasteiger partial charge >= 0.3 is 0 Å². The molecule has 3 heterocycles. The number of sulfonamides is 1. The van der Waals surface area contributed by atoms with Crippen LogP contribution in [0.3, 0.4) is 0 Å². The molecule has 0 unspecified atom stereocenters. The first-order chi connectivity index (χ1) is 11.9. The lowest BCUT2D eigenvalue weighted by molar-refractivity contribution is -0.121. The van der Waals surface area contributed by atoms with Crippen LogP contribution in [-0.4, -0.2) is 42.2 Å². The van der Waals surface area contributed by atoms with E-state index < -0.39 is 10.0 Å². The number of benzene rings is 1. The number of nitrogens with zero attached hydrogens (tertiary/aromatic N) is 2. The number of hydrogen-bond acceptors (Lipinski definition) is 5. The third kappa shape index (κ3) is 2.98. The van der Waals surface area contributed by atoms with E-state index in [9.17, 15) is 13.2 Å². The van der Waals surface area contributed by atoms with E-state index in [1.54, 1.807) is 22.5 Å². The van der Waals surface area contributed by atoms with Crippen molar-refractivity contribution in [3.63, 3.8) is 0 Å². The van der Waals surface area contributed by atoms with Crippen molar-refractivity contribution >= 4 is 27.3 Å². The summed E-state index contributed by atoms with van der Waals surface area (Å²) in [6, 6.07) is 6.52. The van der Waals surface area contributed by atoms with Crippen LogP contribution in [-0.2, 0) is 14.8 Å². The summed E-state index contributed by atoms with van der Waals surface area (Å²) in [5.74, 6) is -0.0703. The summed E-state index contributed by atoms with van der Waals surface area (Å²) in [7, 11) is -3.65. The van der Waals surface area contributed by atoms with Gasteiger partial charge in [0.25, 0.3) is 0 Å². The Morgan fingerprint density at radius 1 is 1.28 bits per heavy atom. The summed E-state index contributed by atoms with van der Waals surface area (Å²) in [6.07, 6.45) is 1.76. The minimum Gasteiger partial charge on any atom is -0.354 e. The van der Waals surface area contributed by atoms with E-state index in [0.717, 1.165) is 29.1 Å². The minimum absolute atomic E-state index is 0.0703. The zero-order valence-electron chi connectivity index (χ0n) is 13.8. The maximum Gasteiger partial charge on any atom is 0.243 e. The molecule has 0 radical (unpaired) electrons. The zero-order valence-corrected chi connectivity index (χ0v) is 15.4. The summed E-state index contributed by atoms with van der Waals surface area (Å²) in [6.45, 7) is 2.31. The van der Waals surface area contributed by atoms with E-state index in [0.29, 0.717) is 6.54 Å². The number of fused-ring (bicyclic) bond motifs is 2. The van der Waals surface area contributed by atoms with E-state index in [1.807, 2.05) is 18.4 Å². The van der Waals surface area contributed by atoms with Crippen molar-refractivity contribution in [2.45, 2.75) is 43.2 Å². The summed E-state index contributed by atoms with van der Waals surface area (Å²) in [5.41, 5.74) is 1.58. The van der Waals surface area contributed by atoms with Gasteiger partial charge in [-0.3, -0.25) is 4.79 Å². The highest BCUT2D eigenvalue weighted by Gasteiger charge is 2.44. The van der Waals surface area contributed by atoms with Crippen molar-refractivity contribution < 1.29 is 13.2 Å². The molecule has 132 valence electrons. The van der Waals surface area contributed by atoms with Gasteiger partial charge < -0.3 is 5.32 Å². The van der Waals surface area contributed by atoms with Gasteiger partial charge in [0, 0.05) is 36.0 Å². The second-order valence-corrected chi connectivity index (χ2v) is 9.41. The number of carbonyl (C=O) groups excluding carboxylic acids is 1. The third-order valence-electron chi connectivity index (χ3n) is 4.83. The predicted molar refractivity (Wildman–Crippen MR) is 95.7 cm³/mol. The Morgan fingerprint density at radius 3 is 2.84 bits per heavy atom. The number of aromatic nitrogens is 1. The first-order valence-corrected chi connectivity index (χ1v) is 10.6. The van der Waals surface area contributed by atoms with Crippen LogP contribution in [0.25, 0.3) is 11.3 Å². The largest absolute Gasteiger partial charge is 0.354 e. The molecule has 2 bridgehead atoms. The van der Waals surface area contributed by atoms with Gasteiger partial charge in [-0.1, -0.05) is 12.1 Å². The van der Waals surface area contributed by atoms with Crippen LogP contribution >= 0.6 is 11.3 Å². The maximum absolute atomic E-state index is 13.3. The van der Waals surface area contributed by atoms with Gasteiger partial charge in [0.05, 0.1) is 15.6 Å². The predicted octanol–water partition coefficient (Wildman–Crippen LogP) is 2.16. The smallest absolute Gasteiger partial charge is 0.243 e. The van der Waals surface area contributed by atoms with Crippen molar-refractivity contribution in [2.75, 3.05) is 6.54 Å². The molecule has 1 N–H and O–H groups in total. The molecule has 2 saturated heterocycles. The van der Waals surface area contributed by atoms with Gasteiger partial charge in [0.1, 0.15) is 0 Å². The van der Waals surface area contributed by atoms with Crippen LogP contribution < -0.4 is 5.32 Å². The van der Waals surface area contributed by atoms with Gasteiger partial charge in [-0.2, -0.15) is 4.31 Å². The van der Waals surface area contributed by atoms with Gasteiger partial charge in [0.2, 0.25) is 15.9 Å². The van der Waals surface area contributed by atoms with Gasteiger partial charge in [-0.15, -0.1) is 11.3 Å². The van der Waals surface area contributed by atoms with E-state index in [1.165, 1.54) is 11.3 Å². The van der Waals surface area contributed by atoms with E-state index in [2.05, 4.69) is 10.3 Å². The van der Waals surface area contributed by atoms with Crippen molar-refractivity contribution in [2.24, 2.45) is 0 Å². The first-order valence-electron chi connectivity index (χ1n) is 8.28. The van der Waals surface area contributed by atoms with Crippen LogP contribution in [0.1, 0.15) is 24.3 Å². The standard InChI is InChI=1S/C17H19N3O3S2/c1-11-19-16(10-24-11)12-3-2-4-15(7-12)25(22,23)20-13-5-6-14(20)9-18-17(21)8-13/h2-4,7,10,13-14H,5-6,8-9H2,1H3,(H,18,21)/t13-,14+/m0/s1. The van der Waals surface area contributed by atoms with E-state index in [4.69, 9.17) is 0 Å². The number of carbonyl (C=O) groups is 1. The van der Waals surface area contributed by atoms with Crippen molar-refractivity contribution in [1.82, 2.24) is 14.6 Å². The Hall–Kier alpha value is -1.77. The molecular formula is C17H19N3O3S2. The molecule has 2 aliphatic heterocycles. The molecule has 6 nitrogen and oxygen atoms in total. The van der Waals surface area contributed by atoms with Crippen LogP contribution in [0, 0.1) is 6.92 Å². The zero-order chi connectivity index (χ0) is 17.6. The number of amides is 1. The number of aryl methyl sites for hydroxylation is 1. The number of thiazole rings is 1. The lowest BCUT2D eigenvalue weighted by Crippen LogP contribution is -2.42. The number of rotatable bonds is 3. The lowest BCUT2D eigenvalue weighted by Gasteiger charge is -2.26. The molecule has 2 aliphatic rings. The highest BCUT2D eigenvalue weighted by Crippen LogP contribution is 2.35. The van der Waals surface area contributed by atoms with Crippen LogP contribution in [0.15, 0.2) is 34.5 Å². The van der Waals surface area contributed by atoms with Gasteiger partial charge in [0.15, 0.2) is 0 Å². The van der Waals surface area contributed by atoms with E-state index >= 15 is 0 Å². The van der Waals surface area contributed by atoms with E-state index in [-0.39, 0.29) is 29.3 Å². The Bertz CT molecular complexity index is 923. The molecule has 2 aromatic rings. The van der Waals surface area contributed by atoms with Crippen molar-refractivity contribution in [3.8, 4) is 11.3 Å². The fraction of sp³-hybridized carbons (Fsp3) is 0.412. The maximum atomic E-state index is 13.3. The highest BCUT2D eigenvalue weighted by atomic mass is 32.2. The first kappa shape index (κ1) is 16.7. The molecule has 0 aliphatic carbocycles. The minimum atomic E-state index is -3.65. The molecule has 2 fully saturated rings. The fourth-order valence-corrected chi connectivity index (χ4v) is 6.20. The second kappa shape index (κ2) is 6.19. The van der Waals surface area contributed by atoms with Crippen molar-refractivity contribution in [1.29, 1.82) is 0 Å². The summed E-state index contributed by atoms with van der Waals surface area (Å²) in [5, 5.41) is 5.69. The van der Waals surface area contributed by atoms with Gasteiger partial charge in [-0.05, 0) is 31.9 Å². The monoisotopic (exact) mass is 377 g/mol. The topological polar surface area (TPSA) is 79.4 Å². The average Bonchev–Trinajstić information content (AvgIpc) is 3.14. The Labute approximate surface area is 150 Å². The summed E-state index contributed by atoms with van der Waals surface area (Å²) >= 11 is 1.54. The molecule has 1 aromatic carbocycles. The molecule has 8 heteroatoms. The fourth-order valence-electron chi connectivity index (χ4n) is 3.67. The Balaban J connectivity index is 1.72. The lowest BCUT2D eigenvalue weighted by atomic mass is 10.1. The Morgan fingerprint density at radius 2 is 2.08 bits per heavy atom. The quantitative estimate of drug-likeness (QED) is 0.889. The Kier molecular flexibility index (Phi) is 4.13. The van der Waals surface area contributed by atoms with Crippen LogP contribution in [0.5, 0.6) is 0 Å². The van der Waals surface area contributed by atoms with Crippen LogP contribution in [0.2, 0.25) is 0 Å². The molecule has 4 rings (SSSR count). The highest BCUT2D eigenvalue weighted by molar-refractivity contribution is 7.89. The molecule has 25 heavy (non-hydrogen) atoms. The SMILES string of the molecule is Cc1nc(-c2cccc(S(=O)(=O)N3[C@@H]4CC[C@H]3CC(=O)NC4)c2)cs1. The molecule has 1 aromatic heterocycles. The summed E-state index contributed by atoms with van der Waals surface area (Å²) < 4.78 is 28.1. The molecule has 0 spiro atoms. The average molecular weight is 377 g/mol. The van der Waals surface area contributed by atoms with Gasteiger partial charge in [-0.25, -0.2) is 13.4 Å². The normalized spacial score (nSPS) is 24.1. The summed E-state index contributed by atoms with van der Waals surface area (Å²) in [4.78, 5) is 16.5. The molecule has 0 saturated carbocycles. The van der Waals surface area contributed by atoms with Crippen molar-refractivity contribution in [3.05, 3.63) is 34.7 Å². The number of hydrogen-bond donors (Lipinski definition) is 1. The number of nitrogens with one attached hydrogen (secondary N) is 1. The second-order valence-electron chi connectivity index (χ2n) is 6.51. The molecular weight excluding hydrogens is 358 g/mol. The van der Waals surface area contributed by atoms with Crippen LogP contribution in [0.4, 0.5) is 0 Å². The third-order valence-corrected chi connectivity index (χ3v) is 7.61. The molecule has 1 amide bonds. The molecule has 2 atom stereocenters.